The van der Waals surface area contributed by atoms with Gasteiger partial charge in [-0.25, -0.2) is 14.2 Å². The zero-order chi connectivity index (χ0) is 17.8. The van der Waals surface area contributed by atoms with Crippen LogP contribution in [0.1, 0.15) is 15.9 Å². The van der Waals surface area contributed by atoms with Gasteiger partial charge < -0.3 is 4.74 Å². The molecule has 0 aliphatic rings. The van der Waals surface area contributed by atoms with Crippen LogP contribution < -0.4 is 0 Å². The highest BCUT2D eigenvalue weighted by atomic mass is 16.5. The smallest absolute Gasteiger partial charge is 0.338 e. The van der Waals surface area contributed by atoms with Crippen molar-refractivity contribution >= 4 is 5.97 Å². The summed E-state index contributed by atoms with van der Waals surface area (Å²) in [6.07, 6.45) is 5.08. The van der Waals surface area contributed by atoms with Gasteiger partial charge in [0.1, 0.15) is 12.9 Å². The predicted molar refractivity (Wildman–Crippen MR) is 91.8 cm³/mol. The van der Waals surface area contributed by atoms with Crippen LogP contribution in [0.2, 0.25) is 0 Å². The van der Waals surface area contributed by atoms with Gasteiger partial charge in [0.2, 0.25) is 0 Å². The quantitative estimate of drug-likeness (QED) is 0.515. The Hall–Kier alpha value is -3.81. The second-order valence-electron chi connectivity index (χ2n) is 5.49. The predicted octanol–water partition coefficient (Wildman–Crippen LogP) is 2.21. The fraction of sp³-hybridized carbons (Fsp3) is 0.0556. The minimum Gasteiger partial charge on any atom is -0.457 e. The summed E-state index contributed by atoms with van der Waals surface area (Å²) in [5.41, 5.74) is 3.08. The molecule has 2 heterocycles. The summed E-state index contributed by atoms with van der Waals surface area (Å²) in [7, 11) is 0. The topological polar surface area (TPSA) is 87.7 Å². The standard InChI is InChI=1S/C18H14N6O2/c25-18(15-4-8-17(9-5-15)24-13-19-21-22-24)26-12-14-2-6-16(7-3-14)23-11-1-10-20-23/h1-11,13H,12H2. The highest BCUT2D eigenvalue weighted by molar-refractivity contribution is 5.89. The van der Waals surface area contributed by atoms with Crippen molar-refractivity contribution in [2.24, 2.45) is 0 Å². The number of nitrogens with zero attached hydrogens (tertiary/aromatic N) is 6. The first kappa shape index (κ1) is 15.7. The molecule has 0 N–H and O–H groups in total. The lowest BCUT2D eigenvalue weighted by Crippen LogP contribution is -2.06. The van der Waals surface area contributed by atoms with Gasteiger partial charge in [0.25, 0.3) is 0 Å². The minimum atomic E-state index is -0.385. The van der Waals surface area contributed by atoms with Crippen molar-refractivity contribution in [2.75, 3.05) is 0 Å². The van der Waals surface area contributed by atoms with Crippen molar-refractivity contribution in [1.29, 1.82) is 0 Å². The molecular formula is C18H14N6O2. The molecule has 8 heteroatoms. The van der Waals surface area contributed by atoms with E-state index in [9.17, 15) is 4.79 Å². The zero-order valence-corrected chi connectivity index (χ0v) is 13.6. The van der Waals surface area contributed by atoms with Crippen LogP contribution >= 0.6 is 0 Å². The molecule has 0 bridgehead atoms. The summed E-state index contributed by atoms with van der Waals surface area (Å²) >= 11 is 0. The molecule has 128 valence electrons. The van der Waals surface area contributed by atoms with Gasteiger partial charge in [0, 0.05) is 12.4 Å². The summed E-state index contributed by atoms with van der Waals surface area (Å²) in [4.78, 5) is 12.2. The van der Waals surface area contributed by atoms with Crippen molar-refractivity contribution < 1.29 is 9.53 Å². The second kappa shape index (κ2) is 6.98. The monoisotopic (exact) mass is 346 g/mol. The van der Waals surface area contributed by atoms with Gasteiger partial charge in [-0.3, -0.25) is 0 Å². The Labute approximate surface area is 148 Å². The molecule has 8 nitrogen and oxygen atoms in total. The number of carbonyl (C=O) groups excluding carboxylic acids is 1. The maximum absolute atomic E-state index is 12.2. The summed E-state index contributed by atoms with van der Waals surface area (Å²) in [5.74, 6) is -0.385. The van der Waals surface area contributed by atoms with E-state index in [1.165, 1.54) is 11.0 Å². The van der Waals surface area contributed by atoms with E-state index in [4.69, 9.17) is 4.74 Å². The number of aromatic nitrogens is 6. The van der Waals surface area contributed by atoms with Gasteiger partial charge in [0.05, 0.1) is 16.9 Å². The fourth-order valence-corrected chi connectivity index (χ4v) is 2.43. The van der Waals surface area contributed by atoms with E-state index in [0.717, 1.165) is 16.9 Å². The van der Waals surface area contributed by atoms with Crippen LogP contribution in [0.5, 0.6) is 0 Å². The molecule has 0 spiro atoms. The van der Waals surface area contributed by atoms with Crippen molar-refractivity contribution in [3.05, 3.63) is 84.4 Å². The highest BCUT2D eigenvalue weighted by Gasteiger charge is 2.08. The van der Waals surface area contributed by atoms with E-state index < -0.39 is 0 Å². The van der Waals surface area contributed by atoms with Crippen molar-refractivity contribution in [2.45, 2.75) is 6.61 Å². The first-order valence-electron chi connectivity index (χ1n) is 7.89. The average molecular weight is 346 g/mol. The molecule has 0 atom stereocenters. The van der Waals surface area contributed by atoms with Gasteiger partial charge in [-0.05, 0) is 58.5 Å². The Bertz CT molecular complexity index is 977. The summed E-state index contributed by atoms with van der Waals surface area (Å²) < 4.78 is 8.64. The zero-order valence-electron chi connectivity index (χ0n) is 13.6. The molecule has 0 saturated heterocycles. The molecule has 0 radical (unpaired) electrons. The molecule has 0 aliphatic carbocycles. The van der Waals surface area contributed by atoms with Crippen LogP contribution in [-0.2, 0) is 11.3 Å². The Morgan fingerprint density at radius 2 is 1.69 bits per heavy atom. The van der Waals surface area contributed by atoms with Crippen LogP contribution in [-0.4, -0.2) is 36.0 Å². The number of benzene rings is 2. The van der Waals surface area contributed by atoms with Gasteiger partial charge in [0.15, 0.2) is 0 Å². The van der Waals surface area contributed by atoms with Crippen LogP contribution in [0.15, 0.2) is 73.3 Å². The van der Waals surface area contributed by atoms with Crippen LogP contribution in [0.25, 0.3) is 11.4 Å². The Balaban J connectivity index is 1.37. The maximum Gasteiger partial charge on any atom is 0.338 e. The highest BCUT2D eigenvalue weighted by Crippen LogP contribution is 2.12. The molecular weight excluding hydrogens is 332 g/mol. The number of rotatable bonds is 5. The van der Waals surface area contributed by atoms with Crippen molar-refractivity contribution in [3.8, 4) is 11.4 Å². The van der Waals surface area contributed by atoms with Gasteiger partial charge in [-0.15, -0.1) is 5.10 Å². The third kappa shape index (κ3) is 3.34. The second-order valence-corrected chi connectivity index (χ2v) is 5.49. The summed E-state index contributed by atoms with van der Waals surface area (Å²) in [5, 5.41) is 15.1. The van der Waals surface area contributed by atoms with E-state index in [2.05, 4.69) is 20.6 Å². The third-order valence-electron chi connectivity index (χ3n) is 3.79. The minimum absolute atomic E-state index is 0.201. The van der Waals surface area contributed by atoms with E-state index in [0.29, 0.717) is 5.56 Å². The van der Waals surface area contributed by atoms with Gasteiger partial charge in [-0.2, -0.15) is 5.10 Å². The number of hydrogen-bond donors (Lipinski definition) is 0. The molecule has 0 saturated carbocycles. The number of carbonyl (C=O) groups is 1. The molecule has 4 rings (SSSR count). The largest absolute Gasteiger partial charge is 0.457 e. The molecule has 26 heavy (non-hydrogen) atoms. The number of esters is 1. The number of tetrazole rings is 1. The molecule has 2 aromatic carbocycles. The van der Waals surface area contributed by atoms with Crippen molar-refractivity contribution in [3.63, 3.8) is 0 Å². The lowest BCUT2D eigenvalue weighted by molar-refractivity contribution is 0.0472. The van der Waals surface area contributed by atoms with E-state index in [1.54, 1.807) is 35.1 Å². The Morgan fingerprint density at radius 3 is 2.35 bits per heavy atom. The SMILES string of the molecule is O=C(OCc1ccc(-n2cccn2)cc1)c1ccc(-n2cnnn2)cc1. The Morgan fingerprint density at radius 1 is 0.962 bits per heavy atom. The van der Waals surface area contributed by atoms with E-state index in [1.807, 2.05) is 36.5 Å². The third-order valence-corrected chi connectivity index (χ3v) is 3.79. The first-order chi connectivity index (χ1) is 12.8. The number of ether oxygens (including phenoxy) is 1. The molecule has 2 aromatic heterocycles. The van der Waals surface area contributed by atoms with E-state index in [-0.39, 0.29) is 12.6 Å². The number of hydrogen-bond acceptors (Lipinski definition) is 6. The van der Waals surface area contributed by atoms with Crippen LogP contribution in [0.3, 0.4) is 0 Å². The van der Waals surface area contributed by atoms with Gasteiger partial charge in [-0.1, -0.05) is 12.1 Å². The maximum atomic E-state index is 12.2. The molecule has 0 fully saturated rings. The lowest BCUT2D eigenvalue weighted by Gasteiger charge is -2.07. The molecule has 4 aromatic rings. The summed E-state index contributed by atoms with van der Waals surface area (Å²) in [6.45, 7) is 0.201. The fourth-order valence-electron chi connectivity index (χ4n) is 2.43. The molecule has 0 aliphatic heterocycles. The normalized spacial score (nSPS) is 10.6. The van der Waals surface area contributed by atoms with Crippen molar-refractivity contribution in [1.82, 2.24) is 30.0 Å². The van der Waals surface area contributed by atoms with Gasteiger partial charge >= 0.3 is 5.97 Å². The average Bonchev–Trinajstić information content (AvgIpc) is 3.40. The molecule has 0 unspecified atom stereocenters. The summed E-state index contributed by atoms with van der Waals surface area (Å²) in [6, 6.07) is 16.4. The Kier molecular flexibility index (Phi) is 4.21. The van der Waals surface area contributed by atoms with Crippen LogP contribution in [0, 0.1) is 0 Å². The van der Waals surface area contributed by atoms with E-state index >= 15 is 0 Å². The first-order valence-corrected chi connectivity index (χ1v) is 7.89. The molecule has 0 amide bonds. The lowest BCUT2D eigenvalue weighted by atomic mass is 10.2. The van der Waals surface area contributed by atoms with Crippen LogP contribution in [0.4, 0.5) is 0 Å².